The summed E-state index contributed by atoms with van der Waals surface area (Å²) in [6.07, 6.45) is 2.83. The van der Waals surface area contributed by atoms with Gasteiger partial charge in [-0.1, -0.05) is 18.6 Å². The lowest BCUT2D eigenvalue weighted by Gasteiger charge is -2.23. The van der Waals surface area contributed by atoms with Gasteiger partial charge >= 0.3 is 0 Å². The zero-order chi connectivity index (χ0) is 20.9. The number of anilines is 1. The van der Waals surface area contributed by atoms with Crippen LogP contribution in [0.3, 0.4) is 0 Å². The van der Waals surface area contributed by atoms with E-state index >= 15 is 0 Å². The molecule has 0 radical (unpaired) electrons. The summed E-state index contributed by atoms with van der Waals surface area (Å²) in [4.78, 5) is 0. The van der Waals surface area contributed by atoms with Gasteiger partial charge in [0.2, 0.25) is 20.0 Å². The molecular weight excluding hydrogens is 398 g/mol. The number of benzene rings is 1. The first-order valence-corrected chi connectivity index (χ1v) is 13.0. The van der Waals surface area contributed by atoms with Crippen LogP contribution in [0, 0.1) is 0 Å². The number of sulfonamides is 2. The Bertz CT molecular complexity index is 834. The maximum Gasteiger partial charge on any atom is 0.214 e. The van der Waals surface area contributed by atoms with Crippen molar-refractivity contribution in [2.75, 3.05) is 18.4 Å². The Balaban J connectivity index is 1.91. The molecule has 1 aromatic carbocycles. The summed E-state index contributed by atoms with van der Waals surface area (Å²) in [7, 11) is -6.53. The minimum absolute atomic E-state index is 0.0587. The summed E-state index contributed by atoms with van der Waals surface area (Å²) in [5, 5.41) is 2.32. The number of rotatable bonds is 10. The standard InChI is InChI=1S/C19H33N3O4S2/c1-14(2)27(23,24)21-13-12-20-17-10-8-16(9-11-17)18-6-5-7-19(18)22-28(25,26)15(3)4/h8-11,14-15,18-22H,5-7,12-13H2,1-4H3. The van der Waals surface area contributed by atoms with Crippen LogP contribution < -0.4 is 14.8 Å². The van der Waals surface area contributed by atoms with E-state index < -0.39 is 30.5 Å². The predicted octanol–water partition coefficient (Wildman–Crippen LogP) is 2.39. The average molecular weight is 432 g/mol. The molecule has 1 fully saturated rings. The van der Waals surface area contributed by atoms with Gasteiger partial charge in [0.15, 0.2) is 0 Å². The lowest BCUT2D eigenvalue weighted by molar-refractivity contribution is 0.519. The van der Waals surface area contributed by atoms with Crippen molar-refractivity contribution in [1.29, 1.82) is 0 Å². The van der Waals surface area contributed by atoms with Crippen molar-refractivity contribution in [2.45, 2.75) is 69.4 Å². The molecule has 0 bridgehead atoms. The van der Waals surface area contributed by atoms with Gasteiger partial charge < -0.3 is 5.32 Å². The molecule has 1 aliphatic carbocycles. The molecule has 3 N–H and O–H groups in total. The van der Waals surface area contributed by atoms with Gasteiger partial charge in [0, 0.05) is 30.7 Å². The third-order valence-corrected chi connectivity index (χ3v) is 8.89. The molecule has 2 rings (SSSR count). The molecule has 7 nitrogen and oxygen atoms in total. The number of nitrogens with one attached hydrogen (secondary N) is 3. The van der Waals surface area contributed by atoms with Gasteiger partial charge in [-0.25, -0.2) is 26.3 Å². The Kier molecular flexibility index (Phi) is 7.89. The monoisotopic (exact) mass is 431 g/mol. The van der Waals surface area contributed by atoms with Crippen molar-refractivity contribution in [1.82, 2.24) is 9.44 Å². The van der Waals surface area contributed by atoms with Crippen LogP contribution in [-0.4, -0.2) is 46.5 Å². The minimum atomic E-state index is -3.28. The zero-order valence-corrected chi connectivity index (χ0v) is 18.7. The fourth-order valence-electron chi connectivity index (χ4n) is 3.26. The van der Waals surface area contributed by atoms with E-state index in [2.05, 4.69) is 14.8 Å². The summed E-state index contributed by atoms with van der Waals surface area (Å²) < 4.78 is 53.3. The first-order chi connectivity index (χ1) is 13.0. The van der Waals surface area contributed by atoms with E-state index in [1.165, 1.54) is 0 Å². The third-order valence-electron chi connectivity index (χ3n) is 5.17. The number of hydrogen-bond acceptors (Lipinski definition) is 5. The fourth-order valence-corrected chi connectivity index (χ4v) is 4.96. The lowest BCUT2D eigenvalue weighted by atomic mass is 9.94. The smallest absolute Gasteiger partial charge is 0.214 e. The Labute approximate surface area is 169 Å². The molecule has 0 saturated heterocycles. The molecule has 0 heterocycles. The maximum absolute atomic E-state index is 12.2. The van der Waals surface area contributed by atoms with E-state index in [1.54, 1.807) is 27.7 Å². The van der Waals surface area contributed by atoms with Crippen LogP contribution in [0.15, 0.2) is 24.3 Å². The van der Waals surface area contributed by atoms with E-state index in [4.69, 9.17) is 0 Å². The average Bonchev–Trinajstić information content (AvgIpc) is 3.06. The lowest BCUT2D eigenvalue weighted by Crippen LogP contribution is -2.40. The Morgan fingerprint density at radius 2 is 1.50 bits per heavy atom. The molecule has 2 atom stereocenters. The largest absolute Gasteiger partial charge is 0.384 e. The van der Waals surface area contributed by atoms with Crippen LogP contribution in [0.5, 0.6) is 0 Å². The number of hydrogen-bond donors (Lipinski definition) is 3. The van der Waals surface area contributed by atoms with Gasteiger partial charge in [-0.15, -0.1) is 0 Å². The highest BCUT2D eigenvalue weighted by Crippen LogP contribution is 2.35. The summed E-state index contributed by atoms with van der Waals surface area (Å²) in [6.45, 7) is 7.48. The van der Waals surface area contributed by atoms with Crippen LogP contribution in [0.1, 0.15) is 58.4 Å². The summed E-state index contributed by atoms with van der Waals surface area (Å²) >= 11 is 0. The second-order valence-electron chi connectivity index (χ2n) is 7.89. The summed E-state index contributed by atoms with van der Waals surface area (Å²) in [5.74, 6) is 0.181. The highest BCUT2D eigenvalue weighted by Gasteiger charge is 2.32. The van der Waals surface area contributed by atoms with Crippen molar-refractivity contribution in [3.63, 3.8) is 0 Å². The Morgan fingerprint density at radius 3 is 2.07 bits per heavy atom. The molecule has 28 heavy (non-hydrogen) atoms. The van der Waals surface area contributed by atoms with Crippen LogP contribution in [0.4, 0.5) is 5.69 Å². The van der Waals surface area contributed by atoms with E-state index in [0.717, 1.165) is 30.5 Å². The predicted molar refractivity (Wildman–Crippen MR) is 115 cm³/mol. The van der Waals surface area contributed by atoms with Crippen LogP contribution >= 0.6 is 0 Å². The van der Waals surface area contributed by atoms with Gasteiger partial charge in [0.25, 0.3) is 0 Å². The SMILES string of the molecule is CC(C)S(=O)(=O)NCCNc1ccc(C2CCCC2NS(=O)(=O)C(C)C)cc1. The molecule has 9 heteroatoms. The van der Waals surface area contributed by atoms with Gasteiger partial charge in [-0.3, -0.25) is 0 Å². The molecular formula is C19H33N3O4S2. The Morgan fingerprint density at radius 1 is 0.893 bits per heavy atom. The van der Waals surface area contributed by atoms with Crippen molar-refractivity contribution in [3.05, 3.63) is 29.8 Å². The first kappa shape index (κ1) is 23.1. The van der Waals surface area contributed by atoms with Crippen molar-refractivity contribution in [3.8, 4) is 0 Å². The highest BCUT2D eigenvalue weighted by molar-refractivity contribution is 7.90. The first-order valence-electron chi connectivity index (χ1n) is 9.86. The molecule has 2 unspecified atom stereocenters. The second-order valence-corrected chi connectivity index (χ2v) is 12.5. The molecule has 0 amide bonds. The normalized spacial score (nSPS) is 20.8. The minimum Gasteiger partial charge on any atom is -0.384 e. The van der Waals surface area contributed by atoms with E-state index in [1.807, 2.05) is 24.3 Å². The van der Waals surface area contributed by atoms with Gasteiger partial charge in [0.1, 0.15) is 0 Å². The van der Waals surface area contributed by atoms with E-state index in [9.17, 15) is 16.8 Å². The molecule has 1 aliphatic rings. The zero-order valence-electron chi connectivity index (χ0n) is 17.1. The molecule has 160 valence electrons. The van der Waals surface area contributed by atoms with Gasteiger partial charge in [0.05, 0.1) is 10.5 Å². The molecule has 0 aromatic heterocycles. The van der Waals surface area contributed by atoms with Crippen molar-refractivity contribution < 1.29 is 16.8 Å². The van der Waals surface area contributed by atoms with E-state index in [0.29, 0.717) is 13.1 Å². The van der Waals surface area contributed by atoms with Crippen molar-refractivity contribution >= 4 is 25.7 Å². The molecule has 0 spiro atoms. The molecule has 0 aliphatic heterocycles. The van der Waals surface area contributed by atoms with Crippen LogP contribution in [-0.2, 0) is 20.0 Å². The highest BCUT2D eigenvalue weighted by atomic mass is 32.2. The molecule has 1 saturated carbocycles. The summed E-state index contributed by atoms with van der Waals surface area (Å²) in [5.41, 5.74) is 2.03. The second kappa shape index (κ2) is 9.56. The van der Waals surface area contributed by atoms with E-state index in [-0.39, 0.29) is 12.0 Å². The quantitative estimate of drug-likeness (QED) is 0.494. The maximum atomic E-state index is 12.2. The van der Waals surface area contributed by atoms with Gasteiger partial charge in [-0.05, 0) is 58.2 Å². The summed E-state index contributed by atoms with van der Waals surface area (Å²) in [6, 6.07) is 7.90. The van der Waals surface area contributed by atoms with Crippen molar-refractivity contribution in [2.24, 2.45) is 0 Å². The van der Waals surface area contributed by atoms with Crippen LogP contribution in [0.25, 0.3) is 0 Å². The topological polar surface area (TPSA) is 104 Å². The molecule has 1 aromatic rings. The fraction of sp³-hybridized carbons (Fsp3) is 0.684. The third kappa shape index (κ3) is 6.17. The van der Waals surface area contributed by atoms with Gasteiger partial charge in [-0.2, -0.15) is 0 Å². The van der Waals surface area contributed by atoms with Crippen LogP contribution in [0.2, 0.25) is 0 Å². The Hall–Kier alpha value is -1.16.